The second-order valence-corrected chi connectivity index (χ2v) is 4.93. The first kappa shape index (κ1) is 14.0. The number of piperazine rings is 1. The summed E-state index contributed by atoms with van der Waals surface area (Å²) in [4.78, 5) is 20.4. The molecule has 2 rings (SSSR count). The summed E-state index contributed by atoms with van der Waals surface area (Å²) in [6.07, 6.45) is 2.65. The van der Waals surface area contributed by atoms with Crippen molar-refractivity contribution in [1.82, 2.24) is 20.1 Å². The van der Waals surface area contributed by atoms with Crippen LogP contribution >= 0.6 is 0 Å². The van der Waals surface area contributed by atoms with E-state index >= 15 is 0 Å². The molecule has 19 heavy (non-hydrogen) atoms. The lowest BCUT2D eigenvalue weighted by Crippen LogP contribution is -2.49. The van der Waals surface area contributed by atoms with Gasteiger partial charge in [-0.25, -0.2) is 0 Å². The Balaban J connectivity index is 1.61. The fourth-order valence-corrected chi connectivity index (χ4v) is 2.13. The summed E-state index contributed by atoms with van der Waals surface area (Å²) in [5, 5.41) is 3.20. The van der Waals surface area contributed by atoms with E-state index in [2.05, 4.69) is 22.2 Å². The summed E-state index contributed by atoms with van der Waals surface area (Å²) in [5.41, 5.74) is 1.06. The van der Waals surface area contributed by atoms with Gasteiger partial charge in [0.15, 0.2) is 0 Å². The maximum Gasteiger partial charge on any atom is 0.236 e. The van der Waals surface area contributed by atoms with Crippen molar-refractivity contribution < 1.29 is 4.79 Å². The van der Waals surface area contributed by atoms with Crippen LogP contribution in [0.25, 0.3) is 0 Å². The van der Waals surface area contributed by atoms with Gasteiger partial charge in [0.25, 0.3) is 0 Å². The fraction of sp³-hybridized carbons (Fsp3) is 0.571. The third-order valence-corrected chi connectivity index (χ3v) is 3.42. The van der Waals surface area contributed by atoms with E-state index in [1.807, 2.05) is 23.1 Å². The van der Waals surface area contributed by atoms with Crippen LogP contribution in [-0.2, 0) is 11.2 Å². The number of hydrogen-bond acceptors (Lipinski definition) is 4. The number of carbonyl (C=O) groups excluding carboxylic acids is 1. The van der Waals surface area contributed by atoms with Gasteiger partial charge in [0.2, 0.25) is 5.91 Å². The highest BCUT2D eigenvalue weighted by Gasteiger charge is 2.18. The monoisotopic (exact) mass is 262 g/mol. The van der Waals surface area contributed by atoms with Gasteiger partial charge in [-0.2, -0.15) is 0 Å². The molecule has 0 radical (unpaired) electrons. The van der Waals surface area contributed by atoms with Gasteiger partial charge < -0.3 is 15.1 Å². The molecular formula is C14H22N4O. The lowest BCUT2D eigenvalue weighted by atomic mass is 10.2. The molecule has 1 amide bonds. The van der Waals surface area contributed by atoms with Crippen molar-refractivity contribution in [3.8, 4) is 0 Å². The summed E-state index contributed by atoms with van der Waals surface area (Å²) in [6.45, 7) is 4.85. The zero-order valence-electron chi connectivity index (χ0n) is 11.5. The van der Waals surface area contributed by atoms with Crippen molar-refractivity contribution in [3.05, 3.63) is 30.1 Å². The minimum absolute atomic E-state index is 0.203. The van der Waals surface area contributed by atoms with Crippen LogP contribution in [0.5, 0.6) is 0 Å². The zero-order chi connectivity index (χ0) is 13.5. The van der Waals surface area contributed by atoms with Crippen LogP contribution in [0, 0.1) is 0 Å². The molecule has 0 spiro atoms. The molecule has 1 aliphatic rings. The highest BCUT2D eigenvalue weighted by Crippen LogP contribution is 1.99. The van der Waals surface area contributed by atoms with Crippen LogP contribution in [-0.4, -0.2) is 67.0 Å². The fourth-order valence-electron chi connectivity index (χ4n) is 2.13. The van der Waals surface area contributed by atoms with Gasteiger partial charge in [-0.15, -0.1) is 0 Å². The van der Waals surface area contributed by atoms with Crippen molar-refractivity contribution in [2.75, 3.05) is 46.3 Å². The molecule has 1 saturated heterocycles. The van der Waals surface area contributed by atoms with Crippen molar-refractivity contribution in [1.29, 1.82) is 0 Å². The number of likely N-dealkylation sites (N-methyl/N-ethyl adjacent to an activating group) is 1. The van der Waals surface area contributed by atoms with Gasteiger partial charge in [-0.1, -0.05) is 6.07 Å². The Bertz CT molecular complexity index is 388. The standard InChI is InChI=1S/C14H22N4O/c1-17-8-10-18(11-9-17)14(19)12-15-7-5-13-4-2-3-6-16-13/h2-4,6,15H,5,7-12H2,1H3. The van der Waals surface area contributed by atoms with Crippen molar-refractivity contribution >= 4 is 5.91 Å². The lowest BCUT2D eigenvalue weighted by Gasteiger charge is -2.32. The first-order valence-electron chi connectivity index (χ1n) is 6.82. The Morgan fingerprint density at radius 3 is 2.79 bits per heavy atom. The predicted molar refractivity (Wildman–Crippen MR) is 74.9 cm³/mol. The highest BCUT2D eigenvalue weighted by molar-refractivity contribution is 5.78. The molecule has 5 heteroatoms. The zero-order valence-corrected chi connectivity index (χ0v) is 11.5. The molecule has 1 aliphatic heterocycles. The summed E-state index contributed by atoms with van der Waals surface area (Å²) < 4.78 is 0. The molecule has 5 nitrogen and oxygen atoms in total. The Morgan fingerprint density at radius 2 is 2.11 bits per heavy atom. The Labute approximate surface area is 114 Å². The Morgan fingerprint density at radius 1 is 1.32 bits per heavy atom. The lowest BCUT2D eigenvalue weighted by molar-refractivity contribution is -0.131. The first-order valence-corrected chi connectivity index (χ1v) is 6.82. The summed E-state index contributed by atoms with van der Waals surface area (Å²) >= 11 is 0. The smallest absolute Gasteiger partial charge is 0.236 e. The van der Waals surface area contributed by atoms with Gasteiger partial charge in [-0.3, -0.25) is 9.78 Å². The summed E-state index contributed by atoms with van der Waals surface area (Å²) in [5.74, 6) is 0.203. The molecule has 0 aliphatic carbocycles. The largest absolute Gasteiger partial charge is 0.339 e. The number of carbonyl (C=O) groups is 1. The number of pyridine rings is 1. The number of hydrogen-bond donors (Lipinski definition) is 1. The normalized spacial score (nSPS) is 16.6. The van der Waals surface area contributed by atoms with Crippen LogP contribution in [0.3, 0.4) is 0 Å². The van der Waals surface area contributed by atoms with E-state index in [-0.39, 0.29) is 5.91 Å². The van der Waals surface area contributed by atoms with E-state index in [9.17, 15) is 4.79 Å². The minimum Gasteiger partial charge on any atom is -0.339 e. The van der Waals surface area contributed by atoms with Crippen LogP contribution < -0.4 is 5.32 Å². The van der Waals surface area contributed by atoms with Crippen LogP contribution in [0.4, 0.5) is 0 Å². The molecule has 1 N–H and O–H groups in total. The second-order valence-electron chi connectivity index (χ2n) is 4.93. The van der Waals surface area contributed by atoms with E-state index in [1.54, 1.807) is 6.20 Å². The number of nitrogens with zero attached hydrogens (tertiary/aromatic N) is 3. The molecule has 104 valence electrons. The van der Waals surface area contributed by atoms with E-state index in [0.29, 0.717) is 6.54 Å². The molecule has 0 atom stereocenters. The molecule has 0 bridgehead atoms. The number of aromatic nitrogens is 1. The summed E-state index contributed by atoms with van der Waals surface area (Å²) in [7, 11) is 2.09. The number of nitrogens with one attached hydrogen (secondary N) is 1. The molecule has 0 unspecified atom stereocenters. The average Bonchev–Trinajstić information content (AvgIpc) is 2.45. The van der Waals surface area contributed by atoms with Crippen molar-refractivity contribution in [2.24, 2.45) is 0 Å². The molecule has 0 aromatic carbocycles. The Kier molecular flexibility index (Phi) is 5.30. The summed E-state index contributed by atoms with van der Waals surface area (Å²) in [6, 6.07) is 5.90. The molecule has 0 saturated carbocycles. The van der Waals surface area contributed by atoms with E-state index in [0.717, 1.165) is 44.8 Å². The van der Waals surface area contributed by atoms with Crippen molar-refractivity contribution in [3.63, 3.8) is 0 Å². The maximum atomic E-state index is 11.9. The maximum absolute atomic E-state index is 11.9. The van der Waals surface area contributed by atoms with Crippen LogP contribution in [0.2, 0.25) is 0 Å². The molecule has 1 aromatic rings. The highest BCUT2D eigenvalue weighted by atomic mass is 16.2. The van der Waals surface area contributed by atoms with Gasteiger partial charge in [-0.05, 0) is 19.2 Å². The SMILES string of the molecule is CN1CCN(C(=O)CNCCc2ccccn2)CC1. The quantitative estimate of drug-likeness (QED) is 0.758. The van der Waals surface area contributed by atoms with Crippen LogP contribution in [0.15, 0.2) is 24.4 Å². The third kappa shape index (κ3) is 4.61. The topological polar surface area (TPSA) is 48.5 Å². The molecule has 1 fully saturated rings. The molecule has 1 aromatic heterocycles. The number of rotatable bonds is 5. The second kappa shape index (κ2) is 7.21. The minimum atomic E-state index is 0.203. The van der Waals surface area contributed by atoms with Gasteiger partial charge in [0.05, 0.1) is 6.54 Å². The molecule has 2 heterocycles. The van der Waals surface area contributed by atoms with Crippen LogP contribution in [0.1, 0.15) is 5.69 Å². The van der Waals surface area contributed by atoms with Gasteiger partial charge >= 0.3 is 0 Å². The Hall–Kier alpha value is -1.46. The first-order chi connectivity index (χ1) is 9.25. The average molecular weight is 262 g/mol. The van der Waals surface area contributed by atoms with E-state index in [4.69, 9.17) is 0 Å². The molecular weight excluding hydrogens is 240 g/mol. The van der Waals surface area contributed by atoms with E-state index < -0.39 is 0 Å². The van der Waals surface area contributed by atoms with Gasteiger partial charge in [0, 0.05) is 51.0 Å². The van der Waals surface area contributed by atoms with E-state index in [1.165, 1.54) is 0 Å². The predicted octanol–water partition coefficient (Wildman–Crippen LogP) is -0.0123. The number of amides is 1. The van der Waals surface area contributed by atoms with Crippen molar-refractivity contribution in [2.45, 2.75) is 6.42 Å². The van der Waals surface area contributed by atoms with Gasteiger partial charge in [0.1, 0.15) is 0 Å². The third-order valence-electron chi connectivity index (χ3n) is 3.42.